The summed E-state index contributed by atoms with van der Waals surface area (Å²) in [4.78, 5) is 18.2. The van der Waals surface area contributed by atoms with E-state index >= 15 is 0 Å². The van der Waals surface area contributed by atoms with Crippen LogP contribution in [-0.4, -0.2) is 56.4 Å². The summed E-state index contributed by atoms with van der Waals surface area (Å²) in [7, 11) is -1.48. The number of amides is 1. The molecule has 118 valence electrons. The molecule has 0 fully saturated rings. The molecule has 7 heteroatoms. The maximum absolute atomic E-state index is 12.4. The van der Waals surface area contributed by atoms with Gasteiger partial charge in [0.1, 0.15) is 15.7 Å². The van der Waals surface area contributed by atoms with Crippen molar-refractivity contribution in [2.45, 2.75) is 20.3 Å². The van der Waals surface area contributed by atoms with Crippen molar-refractivity contribution < 1.29 is 13.2 Å². The highest BCUT2D eigenvalue weighted by molar-refractivity contribution is 7.90. The van der Waals surface area contributed by atoms with Crippen LogP contribution in [0.1, 0.15) is 29.9 Å². The van der Waals surface area contributed by atoms with Gasteiger partial charge < -0.3 is 10.2 Å². The smallest absolute Gasteiger partial charge is 0.253 e. The van der Waals surface area contributed by atoms with E-state index < -0.39 is 9.84 Å². The van der Waals surface area contributed by atoms with Gasteiger partial charge in [-0.05, 0) is 25.5 Å². The van der Waals surface area contributed by atoms with Crippen LogP contribution in [0.2, 0.25) is 0 Å². The molecule has 0 aliphatic heterocycles. The number of carbonyl (C=O) groups is 1. The zero-order valence-corrected chi connectivity index (χ0v) is 13.8. The molecule has 0 aliphatic carbocycles. The molecule has 6 nitrogen and oxygen atoms in total. The molecular formula is C14H23N3O3S. The van der Waals surface area contributed by atoms with Gasteiger partial charge in [-0.3, -0.25) is 4.79 Å². The first-order chi connectivity index (χ1) is 9.76. The lowest BCUT2D eigenvalue weighted by molar-refractivity contribution is 0.0803. The first-order valence-corrected chi connectivity index (χ1v) is 9.01. The molecule has 0 aromatic carbocycles. The van der Waals surface area contributed by atoms with E-state index in [1.54, 1.807) is 19.2 Å². The first-order valence-electron chi connectivity index (χ1n) is 6.94. The van der Waals surface area contributed by atoms with Crippen molar-refractivity contribution in [1.82, 2.24) is 9.88 Å². The van der Waals surface area contributed by atoms with Crippen molar-refractivity contribution in [2.24, 2.45) is 0 Å². The second-order valence-electron chi connectivity index (χ2n) is 4.97. The summed E-state index contributed by atoms with van der Waals surface area (Å²) in [5.74, 6) is 0.424. The second-order valence-corrected chi connectivity index (χ2v) is 7.23. The lowest BCUT2D eigenvalue weighted by Crippen LogP contribution is -2.31. The molecule has 0 saturated heterocycles. The van der Waals surface area contributed by atoms with E-state index in [9.17, 15) is 13.2 Å². The highest BCUT2D eigenvalue weighted by Gasteiger charge is 2.15. The van der Waals surface area contributed by atoms with Crippen LogP contribution in [0, 0.1) is 0 Å². The van der Waals surface area contributed by atoms with E-state index in [4.69, 9.17) is 0 Å². The summed E-state index contributed by atoms with van der Waals surface area (Å²) in [6, 6.07) is 3.45. The fourth-order valence-electron chi connectivity index (χ4n) is 1.79. The molecule has 1 aromatic heterocycles. The summed E-state index contributed by atoms with van der Waals surface area (Å²) in [6.07, 6.45) is 1.89. The predicted octanol–water partition coefficient (Wildman–Crippen LogP) is 1.19. The molecule has 0 atom stereocenters. The largest absolute Gasteiger partial charge is 0.370 e. The van der Waals surface area contributed by atoms with Crippen molar-refractivity contribution in [1.29, 1.82) is 0 Å². The third-order valence-electron chi connectivity index (χ3n) is 2.99. The third kappa shape index (κ3) is 5.71. The van der Waals surface area contributed by atoms with Crippen LogP contribution in [0.15, 0.2) is 12.1 Å². The molecule has 0 radical (unpaired) electrons. The van der Waals surface area contributed by atoms with Gasteiger partial charge in [0.2, 0.25) is 0 Å². The number of hydrogen-bond acceptors (Lipinski definition) is 5. The Hall–Kier alpha value is -1.63. The van der Waals surface area contributed by atoms with Crippen LogP contribution in [0.25, 0.3) is 0 Å². The van der Waals surface area contributed by atoms with Gasteiger partial charge in [-0.15, -0.1) is 0 Å². The van der Waals surface area contributed by atoms with Crippen LogP contribution in [0.5, 0.6) is 0 Å². The monoisotopic (exact) mass is 313 g/mol. The maximum atomic E-state index is 12.4. The summed E-state index contributed by atoms with van der Waals surface area (Å²) < 4.78 is 22.4. The molecule has 1 heterocycles. The number of aryl methyl sites for hydroxylation is 1. The van der Waals surface area contributed by atoms with Crippen LogP contribution in [0.4, 0.5) is 5.82 Å². The van der Waals surface area contributed by atoms with Crippen LogP contribution >= 0.6 is 0 Å². The number of rotatable bonds is 7. The molecule has 1 N–H and O–H groups in total. The molecule has 0 aliphatic rings. The lowest BCUT2D eigenvalue weighted by atomic mass is 10.1. The molecule has 0 saturated carbocycles. The van der Waals surface area contributed by atoms with E-state index in [1.807, 2.05) is 13.8 Å². The van der Waals surface area contributed by atoms with Gasteiger partial charge in [-0.25, -0.2) is 13.4 Å². The quantitative estimate of drug-likeness (QED) is 0.818. The molecule has 0 bridgehead atoms. The number of aromatic nitrogens is 1. The first kappa shape index (κ1) is 17.4. The van der Waals surface area contributed by atoms with Crippen molar-refractivity contribution in [3.63, 3.8) is 0 Å². The van der Waals surface area contributed by atoms with Crippen molar-refractivity contribution in [2.75, 3.05) is 37.5 Å². The minimum atomic E-state index is -3.08. The van der Waals surface area contributed by atoms with Gasteiger partial charge in [0, 0.05) is 37.7 Å². The average Bonchev–Trinajstić information content (AvgIpc) is 2.43. The predicted molar refractivity (Wildman–Crippen MR) is 84.5 cm³/mol. The number of sulfone groups is 1. The van der Waals surface area contributed by atoms with Gasteiger partial charge in [0.15, 0.2) is 0 Å². The molecule has 1 rings (SSSR count). The summed E-state index contributed by atoms with van der Waals surface area (Å²) >= 11 is 0. The molecule has 21 heavy (non-hydrogen) atoms. The zero-order chi connectivity index (χ0) is 16.0. The van der Waals surface area contributed by atoms with E-state index in [1.165, 1.54) is 4.90 Å². The number of nitrogens with zero attached hydrogens (tertiary/aromatic N) is 2. The second kappa shape index (κ2) is 7.40. The number of pyridine rings is 1. The van der Waals surface area contributed by atoms with E-state index in [0.29, 0.717) is 11.4 Å². The van der Waals surface area contributed by atoms with Crippen LogP contribution in [-0.2, 0) is 16.3 Å². The highest BCUT2D eigenvalue weighted by Crippen LogP contribution is 2.13. The summed E-state index contributed by atoms with van der Waals surface area (Å²) in [6.45, 7) is 4.83. The summed E-state index contributed by atoms with van der Waals surface area (Å²) in [5.41, 5.74) is 1.35. The van der Waals surface area contributed by atoms with Gasteiger partial charge in [-0.1, -0.05) is 6.92 Å². The number of carbonyl (C=O) groups excluding carboxylic acids is 1. The van der Waals surface area contributed by atoms with E-state index in [2.05, 4.69) is 10.3 Å². The van der Waals surface area contributed by atoms with Gasteiger partial charge in [-0.2, -0.15) is 0 Å². The fraction of sp³-hybridized carbons (Fsp3) is 0.571. The molecule has 0 spiro atoms. The van der Waals surface area contributed by atoms with Gasteiger partial charge in [0.05, 0.1) is 5.75 Å². The Balaban J connectivity index is 2.92. The van der Waals surface area contributed by atoms with Gasteiger partial charge in [0.25, 0.3) is 5.91 Å². The Morgan fingerprint density at radius 3 is 2.52 bits per heavy atom. The Labute approximate surface area is 126 Å². The standard InChI is InChI=1S/C14H23N3O3S/c1-5-12-9-11(10-13(16-12)15-6-2)14(18)17(3)7-8-21(4,19)20/h9-10H,5-8H2,1-4H3,(H,15,16). The highest BCUT2D eigenvalue weighted by atomic mass is 32.2. The average molecular weight is 313 g/mol. The number of nitrogens with one attached hydrogen (secondary N) is 1. The molecule has 1 aromatic rings. The molecule has 0 unspecified atom stereocenters. The molecular weight excluding hydrogens is 290 g/mol. The minimum absolute atomic E-state index is 0.0406. The lowest BCUT2D eigenvalue weighted by Gasteiger charge is -2.17. The number of hydrogen-bond donors (Lipinski definition) is 1. The minimum Gasteiger partial charge on any atom is -0.370 e. The zero-order valence-electron chi connectivity index (χ0n) is 13.0. The van der Waals surface area contributed by atoms with E-state index in [-0.39, 0.29) is 18.2 Å². The van der Waals surface area contributed by atoms with Crippen molar-refractivity contribution in [3.8, 4) is 0 Å². The normalized spacial score (nSPS) is 11.2. The Kier molecular flexibility index (Phi) is 6.14. The number of anilines is 1. The van der Waals surface area contributed by atoms with Crippen LogP contribution < -0.4 is 5.32 Å². The SMILES string of the molecule is CCNc1cc(C(=O)N(C)CCS(C)(=O)=O)cc(CC)n1. The third-order valence-corrected chi connectivity index (χ3v) is 3.91. The molecule has 1 amide bonds. The van der Waals surface area contributed by atoms with Crippen molar-refractivity contribution in [3.05, 3.63) is 23.4 Å². The summed E-state index contributed by atoms with van der Waals surface area (Å²) in [5, 5.41) is 3.09. The fourth-order valence-corrected chi connectivity index (χ4v) is 2.39. The Morgan fingerprint density at radius 1 is 1.33 bits per heavy atom. The van der Waals surface area contributed by atoms with E-state index in [0.717, 1.165) is 24.9 Å². The van der Waals surface area contributed by atoms with Crippen molar-refractivity contribution >= 4 is 21.6 Å². The van der Waals surface area contributed by atoms with Crippen LogP contribution in [0.3, 0.4) is 0 Å². The van der Waals surface area contributed by atoms with Gasteiger partial charge >= 0.3 is 0 Å². The maximum Gasteiger partial charge on any atom is 0.253 e. The Bertz CT molecular complexity index is 599. The topological polar surface area (TPSA) is 79.4 Å². The Morgan fingerprint density at radius 2 is 2.00 bits per heavy atom.